The molecule has 0 unspecified atom stereocenters. The summed E-state index contributed by atoms with van der Waals surface area (Å²) in [6.07, 6.45) is 3.51. The van der Waals surface area contributed by atoms with Crippen LogP contribution in [-0.4, -0.2) is 9.55 Å². The van der Waals surface area contributed by atoms with Crippen molar-refractivity contribution in [2.45, 2.75) is 19.4 Å². The van der Waals surface area contributed by atoms with Crippen LogP contribution in [0.25, 0.3) is 11.0 Å². The van der Waals surface area contributed by atoms with Crippen LogP contribution in [0.1, 0.15) is 12.0 Å². The molecule has 2 nitrogen and oxygen atoms in total. The molecule has 3 rings (SSSR count). The second kappa shape index (κ2) is 5.41. The van der Waals surface area contributed by atoms with Crippen LogP contribution in [-0.2, 0) is 13.0 Å². The van der Waals surface area contributed by atoms with Crippen molar-refractivity contribution in [2.75, 3.05) is 0 Å². The number of hydrogen-bond donors (Lipinski definition) is 0. The van der Waals surface area contributed by atoms with Crippen molar-refractivity contribution in [1.29, 1.82) is 0 Å². The zero-order valence-corrected chi connectivity index (χ0v) is 10.9. The average molecular weight is 272 g/mol. The third kappa shape index (κ3) is 2.54. The molecule has 0 atom stereocenters. The summed E-state index contributed by atoms with van der Waals surface area (Å²) in [4.78, 5) is 4.10. The van der Waals surface area contributed by atoms with E-state index in [1.54, 1.807) is 6.33 Å². The number of benzene rings is 2. The molecular weight excluding hydrogens is 258 g/mol. The summed E-state index contributed by atoms with van der Waals surface area (Å²) in [7, 11) is 0. The molecule has 0 N–H and O–H groups in total. The van der Waals surface area contributed by atoms with Crippen LogP contribution < -0.4 is 0 Å². The van der Waals surface area contributed by atoms with Crippen LogP contribution in [0.3, 0.4) is 0 Å². The fraction of sp³-hybridized carbons (Fsp3) is 0.188. The maximum atomic E-state index is 13.3. The van der Waals surface area contributed by atoms with Gasteiger partial charge in [-0.3, -0.25) is 0 Å². The Morgan fingerprint density at radius 1 is 1.00 bits per heavy atom. The first-order valence-electron chi connectivity index (χ1n) is 6.58. The SMILES string of the molecule is Fc1cc2ncn(CCCc3ccccc3)c2cc1F. The predicted octanol–water partition coefficient (Wildman–Crippen LogP) is 3.95. The molecule has 0 spiro atoms. The number of fused-ring (bicyclic) bond motifs is 1. The van der Waals surface area contributed by atoms with Crippen molar-refractivity contribution in [1.82, 2.24) is 9.55 Å². The molecule has 0 radical (unpaired) electrons. The Morgan fingerprint density at radius 3 is 2.55 bits per heavy atom. The van der Waals surface area contributed by atoms with E-state index in [1.165, 1.54) is 11.6 Å². The lowest BCUT2D eigenvalue weighted by Gasteiger charge is -2.05. The van der Waals surface area contributed by atoms with E-state index in [9.17, 15) is 8.78 Å². The zero-order chi connectivity index (χ0) is 13.9. The highest BCUT2D eigenvalue weighted by atomic mass is 19.2. The number of halogens is 2. The molecule has 1 aromatic heterocycles. The quantitative estimate of drug-likeness (QED) is 0.703. The number of imidazole rings is 1. The van der Waals surface area contributed by atoms with E-state index in [2.05, 4.69) is 17.1 Å². The highest BCUT2D eigenvalue weighted by Gasteiger charge is 2.08. The Balaban J connectivity index is 1.73. The molecule has 102 valence electrons. The van der Waals surface area contributed by atoms with E-state index >= 15 is 0 Å². The van der Waals surface area contributed by atoms with E-state index in [0.29, 0.717) is 11.0 Å². The summed E-state index contributed by atoms with van der Waals surface area (Å²) in [5.41, 5.74) is 2.40. The Hall–Kier alpha value is -2.23. The van der Waals surface area contributed by atoms with Gasteiger partial charge in [0, 0.05) is 18.7 Å². The summed E-state index contributed by atoms with van der Waals surface area (Å²) >= 11 is 0. The molecule has 0 aliphatic carbocycles. The van der Waals surface area contributed by atoms with Gasteiger partial charge in [-0.25, -0.2) is 13.8 Å². The lowest BCUT2D eigenvalue weighted by atomic mass is 10.1. The van der Waals surface area contributed by atoms with Crippen LogP contribution in [0.15, 0.2) is 48.8 Å². The van der Waals surface area contributed by atoms with Gasteiger partial charge in [0.15, 0.2) is 11.6 Å². The number of rotatable bonds is 4. The Labute approximate surface area is 115 Å². The molecule has 0 saturated carbocycles. The minimum atomic E-state index is -0.855. The van der Waals surface area contributed by atoms with E-state index in [-0.39, 0.29) is 0 Å². The first-order chi connectivity index (χ1) is 9.74. The Morgan fingerprint density at radius 2 is 1.75 bits per heavy atom. The molecule has 0 fully saturated rings. The minimum Gasteiger partial charge on any atom is -0.330 e. The van der Waals surface area contributed by atoms with Crippen molar-refractivity contribution >= 4 is 11.0 Å². The monoisotopic (exact) mass is 272 g/mol. The van der Waals surface area contributed by atoms with E-state index in [1.807, 2.05) is 22.8 Å². The first kappa shape index (κ1) is 12.8. The molecule has 2 aromatic carbocycles. The molecule has 0 saturated heterocycles. The van der Waals surface area contributed by atoms with Crippen molar-refractivity contribution in [3.63, 3.8) is 0 Å². The lowest BCUT2D eigenvalue weighted by Crippen LogP contribution is -1.98. The predicted molar refractivity (Wildman–Crippen MR) is 74.4 cm³/mol. The highest BCUT2D eigenvalue weighted by Crippen LogP contribution is 2.18. The third-order valence-corrected chi connectivity index (χ3v) is 3.37. The van der Waals surface area contributed by atoms with Gasteiger partial charge < -0.3 is 4.57 Å². The standard InChI is InChI=1S/C16H14F2N2/c17-13-9-15-16(10-14(13)18)20(11-19-15)8-4-7-12-5-2-1-3-6-12/h1-3,5-6,9-11H,4,7-8H2. The molecule has 0 bridgehead atoms. The maximum Gasteiger partial charge on any atom is 0.161 e. The van der Waals surface area contributed by atoms with Gasteiger partial charge in [0.1, 0.15) is 0 Å². The van der Waals surface area contributed by atoms with E-state index < -0.39 is 11.6 Å². The summed E-state index contributed by atoms with van der Waals surface area (Å²) in [6, 6.07) is 12.5. The molecule has 20 heavy (non-hydrogen) atoms. The van der Waals surface area contributed by atoms with Gasteiger partial charge in [-0.2, -0.15) is 0 Å². The van der Waals surface area contributed by atoms with Gasteiger partial charge in [-0.15, -0.1) is 0 Å². The average Bonchev–Trinajstić information content (AvgIpc) is 2.83. The van der Waals surface area contributed by atoms with Gasteiger partial charge in [-0.1, -0.05) is 30.3 Å². The molecular formula is C16H14F2N2. The maximum absolute atomic E-state index is 13.3. The van der Waals surface area contributed by atoms with Crippen LogP contribution >= 0.6 is 0 Å². The summed E-state index contributed by atoms with van der Waals surface area (Å²) < 4.78 is 28.2. The molecule has 1 heterocycles. The molecule has 0 aliphatic rings. The van der Waals surface area contributed by atoms with Gasteiger partial charge in [0.2, 0.25) is 0 Å². The number of nitrogens with zero attached hydrogens (tertiary/aromatic N) is 2. The number of aryl methyl sites for hydroxylation is 2. The van der Waals surface area contributed by atoms with Crippen molar-refractivity contribution in [2.24, 2.45) is 0 Å². The van der Waals surface area contributed by atoms with Crippen LogP contribution in [0.5, 0.6) is 0 Å². The first-order valence-corrected chi connectivity index (χ1v) is 6.58. The minimum absolute atomic E-state index is 0.489. The van der Waals surface area contributed by atoms with Gasteiger partial charge in [0.25, 0.3) is 0 Å². The van der Waals surface area contributed by atoms with Crippen molar-refractivity contribution < 1.29 is 8.78 Å². The summed E-state index contributed by atoms with van der Waals surface area (Å²) in [6.45, 7) is 0.733. The molecule has 3 aromatic rings. The fourth-order valence-corrected chi connectivity index (χ4v) is 2.33. The fourth-order valence-electron chi connectivity index (χ4n) is 2.33. The largest absolute Gasteiger partial charge is 0.330 e. The van der Waals surface area contributed by atoms with Gasteiger partial charge in [0.05, 0.1) is 17.4 Å². The normalized spacial score (nSPS) is 11.1. The van der Waals surface area contributed by atoms with Crippen LogP contribution in [0.2, 0.25) is 0 Å². The topological polar surface area (TPSA) is 17.8 Å². The second-order valence-electron chi connectivity index (χ2n) is 4.78. The molecule has 4 heteroatoms. The van der Waals surface area contributed by atoms with Crippen LogP contribution in [0, 0.1) is 11.6 Å². The number of aromatic nitrogens is 2. The third-order valence-electron chi connectivity index (χ3n) is 3.37. The highest BCUT2D eigenvalue weighted by molar-refractivity contribution is 5.75. The van der Waals surface area contributed by atoms with Crippen molar-refractivity contribution in [3.8, 4) is 0 Å². The van der Waals surface area contributed by atoms with Gasteiger partial charge in [-0.05, 0) is 18.4 Å². The summed E-state index contributed by atoms with van der Waals surface area (Å²) in [5, 5.41) is 0. The molecule has 0 amide bonds. The lowest BCUT2D eigenvalue weighted by molar-refractivity contribution is 0.510. The zero-order valence-electron chi connectivity index (χ0n) is 10.9. The Bertz CT molecular complexity index is 720. The van der Waals surface area contributed by atoms with Gasteiger partial charge >= 0.3 is 0 Å². The Kier molecular flexibility index (Phi) is 3.46. The summed E-state index contributed by atoms with van der Waals surface area (Å²) in [5.74, 6) is -1.69. The van der Waals surface area contributed by atoms with Crippen LogP contribution in [0.4, 0.5) is 8.78 Å². The second-order valence-corrected chi connectivity index (χ2v) is 4.78. The van der Waals surface area contributed by atoms with Crippen molar-refractivity contribution in [3.05, 3.63) is 66.0 Å². The van der Waals surface area contributed by atoms with E-state index in [0.717, 1.165) is 25.5 Å². The number of hydrogen-bond acceptors (Lipinski definition) is 1. The van der Waals surface area contributed by atoms with E-state index in [4.69, 9.17) is 0 Å². The molecule has 0 aliphatic heterocycles. The smallest absolute Gasteiger partial charge is 0.161 e.